The first-order chi connectivity index (χ1) is 6.77. The maximum absolute atomic E-state index is 4.12. The van der Waals surface area contributed by atoms with Gasteiger partial charge in [0, 0.05) is 18.1 Å². The van der Waals surface area contributed by atoms with Crippen molar-refractivity contribution in [1.82, 2.24) is 9.97 Å². The smallest absolute Gasteiger partial charge is 0.204 e. The third-order valence-electron chi connectivity index (χ3n) is 2.36. The zero-order valence-electron chi connectivity index (χ0n) is 8.33. The van der Waals surface area contributed by atoms with Crippen molar-refractivity contribution in [3.63, 3.8) is 0 Å². The first-order valence-electron chi connectivity index (χ1n) is 4.60. The lowest BCUT2D eigenvalue weighted by molar-refractivity contribution is 1.26. The molecule has 72 valence electrons. The molecular weight excluding hydrogens is 174 g/mol. The molecule has 1 aromatic carbocycles. The number of imidazole rings is 1. The molecular formula is C11H13N3. The van der Waals surface area contributed by atoms with Crippen LogP contribution in [-0.2, 0) is 0 Å². The van der Waals surface area contributed by atoms with Crippen molar-refractivity contribution in [2.75, 3.05) is 5.32 Å². The van der Waals surface area contributed by atoms with Gasteiger partial charge in [0.15, 0.2) is 0 Å². The van der Waals surface area contributed by atoms with Crippen LogP contribution < -0.4 is 5.32 Å². The predicted octanol–water partition coefficient (Wildman–Crippen LogP) is 2.77. The summed E-state index contributed by atoms with van der Waals surface area (Å²) in [6, 6.07) is 6.18. The van der Waals surface area contributed by atoms with Gasteiger partial charge in [-0.2, -0.15) is 0 Å². The van der Waals surface area contributed by atoms with Gasteiger partial charge in [-0.05, 0) is 31.0 Å². The quantitative estimate of drug-likeness (QED) is 0.759. The fourth-order valence-corrected chi connectivity index (χ4v) is 1.35. The number of rotatable bonds is 2. The van der Waals surface area contributed by atoms with Crippen molar-refractivity contribution in [3.8, 4) is 0 Å². The van der Waals surface area contributed by atoms with E-state index in [4.69, 9.17) is 0 Å². The molecule has 0 amide bonds. The highest BCUT2D eigenvalue weighted by Gasteiger charge is 2.01. The lowest BCUT2D eigenvalue weighted by Gasteiger charge is -2.08. The second-order valence-corrected chi connectivity index (χ2v) is 3.31. The Morgan fingerprint density at radius 1 is 1.29 bits per heavy atom. The van der Waals surface area contributed by atoms with Crippen LogP contribution in [0.15, 0.2) is 30.6 Å². The Hall–Kier alpha value is -1.77. The lowest BCUT2D eigenvalue weighted by atomic mass is 10.1. The molecule has 0 bridgehead atoms. The van der Waals surface area contributed by atoms with Crippen molar-refractivity contribution in [1.29, 1.82) is 0 Å². The van der Waals surface area contributed by atoms with E-state index in [1.165, 1.54) is 11.1 Å². The molecule has 0 saturated heterocycles. The van der Waals surface area contributed by atoms with Crippen molar-refractivity contribution in [2.45, 2.75) is 13.8 Å². The minimum absolute atomic E-state index is 0.777. The fourth-order valence-electron chi connectivity index (χ4n) is 1.35. The summed E-state index contributed by atoms with van der Waals surface area (Å²) < 4.78 is 0. The number of anilines is 2. The van der Waals surface area contributed by atoms with Crippen molar-refractivity contribution < 1.29 is 0 Å². The molecule has 0 atom stereocenters. The Morgan fingerprint density at radius 3 is 2.86 bits per heavy atom. The maximum Gasteiger partial charge on any atom is 0.204 e. The molecule has 0 fully saturated rings. The summed E-state index contributed by atoms with van der Waals surface area (Å²) in [4.78, 5) is 7.13. The molecule has 1 aromatic heterocycles. The molecule has 0 spiro atoms. The molecule has 0 saturated carbocycles. The molecule has 0 unspecified atom stereocenters. The van der Waals surface area contributed by atoms with Crippen LogP contribution in [0.1, 0.15) is 11.1 Å². The normalized spacial score (nSPS) is 10.1. The number of hydrogen-bond acceptors (Lipinski definition) is 2. The monoisotopic (exact) mass is 187 g/mol. The summed E-state index contributed by atoms with van der Waals surface area (Å²) in [5.41, 5.74) is 3.63. The number of benzene rings is 1. The van der Waals surface area contributed by atoms with Crippen LogP contribution in [0.2, 0.25) is 0 Å². The van der Waals surface area contributed by atoms with Gasteiger partial charge in [-0.25, -0.2) is 4.98 Å². The largest absolute Gasteiger partial charge is 0.331 e. The fraction of sp³-hybridized carbons (Fsp3) is 0.182. The highest BCUT2D eigenvalue weighted by atomic mass is 15.1. The van der Waals surface area contributed by atoms with Gasteiger partial charge >= 0.3 is 0 Å². The molecule has 2 aromatic rings. The van der Waals surface area contributed by atoms with Crippen LogP contribution in [-0.4, -0.2) is 9.97 Å². The summed E-state index contributed by atoms with van der Waals surface area (Å²) in [6.45, 7) is 4.20. The van der Waals surface area contributed by atoms with E-state index in [-0.39, 0.29) is 0 Å². The maximum atomic E-state index is 4.12. The Labute approximate surface area is 83.2 Å². The molecule has 0 aliphatic carbocycles. The third kappa shape index (κ3) is 1.62. The van der Waals surface area contributed by atoms with Gasteiger partial charge in [0.1, 0.15) is 0 Å². The second kappa shape index (κ2) is 3.54. The molecule has 3 nitrogen and oxygen atoms in total. The number of aromatic amines is 1. The van der Waals surface area contributed by atoms with E-state index in [1.807, 2.05) is 12.1 Å². The second-order valence-electron chi connectivity index (χ2n) is 3.31. The van der Waals surface area contributed by atoms with E-state index >= 15 is 0 Å². The summed E-state index contributed by atoms with van der Waals surface area (Å²) in [5.74, 6) is 0.777. The van der Waals surface area contributed by atoms with Crippen LogP contribution in [0.3, 0.4) is 0 Å². The van der Waals surface area contributed by atoms with Gasteiger partial charge in [-0.15, -0.1) is 0 Å². The summed E-state index contributed by atoms with van der Waals surface area (Å²) in [5, 5.41) is 3.23. The van der Waals surface area contributed by atoms with Gasteiger partial charge < -0.3 is 10.3 Å². The summed E-state index contributed by atoms with van der Waals surface area (Å²) >= 11 is 0. The van der Waals surface area contributed by atoms with E-state index in [0.29, 0.717) is 0 Å². The Morgan fingerprint density at radius 2 is 2.14 bits per heavy atom. The van der Waals surface area contributed by atoms with Gasteiger partial charge in [0.2, 0.25) is 5.95 Å². The highest BCUT2D eigenvalue weighted by molar-refractivity contribution is 5.59. The third-order valence-corrected chi connectivity index (χ3v) is 2.36. The zero-order chi connectivity index (χ0) is 9.97. The summed E-state index contributed by atoms with van der Waals surface area (Å²) in [7, 11) is 0. The van der Waals surface area contributed by atoms with E-state index < -0.39 is 0 Å². The van der Waals surface area contributed by atoms with Crippen LogP contribution in [0.4, 0.5) is 11.6 Å². The number of aromatic nitrogens is 2. The van der Waals surface area contributed by atoms with E-state index in [2.05, 4.69) is 35.2 Å². The Kier molecular flexibility index (Phi) is 2.23. The lowest BCUT2D eigenvalue weighted by Crippen LogP contribution is -1.95. The highest BCUT2D eigenvalue weighted by Crippen LogP contribution is 2.20. The van der Waals surface area contributed by atoms with Crippen LogP contribution in [0.5, 0.6) is 0 Å². The number of aryl methyl sites for hydroxylation is 1. The average Bonchev–Trinajstić information content (AvgIpc) is 2.66. The Balaban J connectivity index is 2.29. The van der Waals surface area contributed by atoms with Crippen LogP contribution >= 0.6 is 0 Å². The zero-order valence-corrected chi connectivity index (χ0v) is 8.33. The number of nitrogens with one attached hydrogen (secondary N) is 2. The molecule has 3 heteroatoms. The number of nitrogens with zero attached hydrogens (tertiary/aromatic N) is 1. The molecule has 2 rings (SSSR count). The molecule has 2 N–H and O–H groups in total. The number of H-pyrrole nitrogens is 1. The van der Waals surface area contributed by atoms with Crippen LogP contribution in [0.25, 0.3) is 0 Å². The Bertz CT molecular complexity index is 418. The topological polar surface area (TPSA) is 40.7 Å². The van der Waals surface area contributed by atoms with E-state index in [9.17, 15) is 0 Å². The minimum atomic E-state index is 0.777. The molecule has 0 aliphatic heterocycles. The molecule has 14 heavy (non-hydrogen) atoms. The van der Waals surface area contributed by atoms with E-state index in [0.717, 1.165) is 11.6 Å². The van der Waals surface area contributed by atoms with Gasteiger partial charge in [0.25, 0.3) is 0 Å². The van der Waals surface area contributed by atoms with Crippen molar-refractivity contribution in [3.05, 3.63) is 41.7 Å². The van der Waals surface area contributed by atoms with Crippen molar-refractivity contribution >= 4 is 11.6 Å². The first kappa shape index (κ1) is 8.81. The standard InChI is InChI=1S/C11H13N3/c1-8-4-3-5-10(9(8)2)14-11-12-6-7-13-11/h3-7H,1-2H3,(H2,12,13,14). The minimum Gasteiger partial charge on any atom is -0.331 e. The SMILES string of the molecule is Cc1cccc(Nc2ncc[nH]2)c1C. The molecule has 0 aliphatic rings. The van der Waals surface area contributed by atoms with Gasteiger partial charge in [-0.1, -0.05) is 12.1 Å². The van der Waals surface area contributed by atoms with E-state index in [1.54, 1.807) is 12.4 Å². The average molecular weight is 187 g/mol. The predicted molar refractivity (Wildman–Crippen MR) is 57.8 cm³/mol. The first-order valence-corrected chi connectivity index (χ1v) is 4.60. The summed E-state index contributed by atoms with van der Waals surface area (Å²) in [6.07, 6.45) is 3.53. The molecule has 1 heterocycles. The molecule has 0 radical (unpaired) electrons. The number of hydrogen-bond donors (Lipinski definition) is 2. The van der Waals surface area contributed by atoms with Gasteiger partial charge in [-0.3, -0.25) is 0 Å². The van der Waals surface area contributed by atoms with Crippen LogP contribution in [0, 0.1) is 13.8 Å². The van der Waals surface area contributed by atoms with Gasteiger partial charge in [0.05, 0.1) is 0 Å². The van der Waals surface area contributed by atoms with Crippen molar-refractivity contribution in [2.24, 2.45) is 0 Å².